The molecule has 4 heteroatoms. The van der Waals surface area contributed by atoms with E-state index in [1.165, 1.54) is 11.1 Å². The van der Waals surface area contributed by atoms with Gasteiger partial charge in [-0.05, 0) is 93.9 Å². The lowest BCUT2D eigenvalue weighted by Crippen LogP contribution is -2.35. The Kier molecular flexibility index (Phi) is 5.90. The monoisotopic (exact) mass is 398 g/mol. The molecule has 28 heavy (non-hydrogen) atoms. The number of allylic oxidation sites excluding steroid dienone is 3. The number of ether oxygens (including phenoxy) is 1. The van der Waals surface area contributed by atoms with Crippen LogP contribution in [0.5, 0.6) is 5.75 Å². The summed E-state index contributed by atoms with van der Waals surface area (Å²) in [6, 6.07) is 5.86. The molecule has 3 rings (SSSR count). The minimum absolute atomic E-state index is 0.0308. The average Bonchev–Trinajstić information content (AvgIpc) is 2.62. The van der Waals surface area contributed by atoms with Crippen LogP contribution < -0.4 is 4.74 Å². The molecule has 0 spiro atoms. The fourth-order valence-corrected chi connectivity index (χ4v) is 5.64. The molecule has 2 aliphatic carbocycles. The van der Waals surface area contributed by atoms with Crippen LogP contribution in [-0.2, 0) is 10.8 Å². The van der Waals surface area contributed by atoms with Crippen LogP contribution >= 0.6 is 0 Å². The number of carbonyl (C=O) groups excluding carboxylic acids is 1. The summed E-state index contributed by atoms with van der Waals surface area (Å²) < 4.78 is 11.8. The summed E-state index contributed by atoms with van der Waals surface area (Å²) in [7, 11) is -0.0316. The van der Waals surface area contributed by atoms with Gasteiger partial charge < -0.3 is 9.16 Å². The molecule has 0 aliphatic heterocycles. The molecule has 0 unspecified atom stereocenters. The Hall–Kier alpha value is -1.81. The first kappa shape index (κ1) is 20.9. The second-order valence-electron chi connectivity index (χ2n) is 9.44. The Bertz CT molecular complexity index is 816. The van der Waals surface area contributed by atoms with Crippen molar-refractivity contribution in [2.45, 2.75) is 59.2 Å². The van der Waals surface area contributed by atoms with Gasteiger partial charge in [0, 0.05) is 17.9 Å². The molecule has 3 atom stereocenters. The van der Waals surface area contributed by atoms with Crippen LogP contribution in [0.25, 0.3) is 0 Å². The molecule has 0 radical (unpaired) electrons. The molecule has 0 aromatic heterocycles. The largest absolute Gasteiger partial charge is 0.547 e. The fraction of sp³-hybridized carbons (Fsp3) is 0.542. The highest BCUT2D eigenvalue weighted by atomic mass is 28.4. The molecule has 0 heterocycles. The highest BCUT2D eigenvalue weighted by Crippen LogP contribution is 2.45. The molecule has 2 aliphatic rings. The minimum atomic E-state index is -1.70. The second kappa shape index (κ2) is 7.90. The van der Waals surface area contributed by atoms with Crippen LogP contribution in [0.3, 0.4) is 0 Å². The van der Waals surface area contributed by atoms with Gasteiger partial charge in [0.05, 0.1) is 12.9 Å². The summed E-state index contributed by atoms with van der Waals surface area (Å²) in [6.07, 6.45) is 3.75. The standard InChI is InChI=1S/C24H34O3Si/c1-15(2)18-13-22(16(3)23(14-18)27-28(5,6)7)21-10-8-17-12-19(26-4)9-11-20(17)24(21)25/h9,11-12,18,21-22H,1,8,10,13-14H2,2-7H3/t18-,21+,22-/m1/s1. The van der Waals surface area contributed by atoms with Crippen molar-refractivity contribution in [1.82, 2.24) is 0 Å². The number of rotatable bonds is 5. The number of aryl methyl sites for hydroxylation is 1. The zero-order valence-corrected chi connectivity index (χ0v) is 19.2. The zero-order valence-electron chi connectivity index (χ0n) is 18.2. The van der Waals surface area contributed by atoms with Gasteiger partial charge in [0.25, 0.3) is 0 Å². The fourth-order valence-electron chi connectivity index (χ4n) is 4.66. The smallest absolute Gasteiger partial charge is 0.241 e. The Morgan fingerprint density at radius 3 is 2.54 bits per heavy atom. The number of fused-ring (bicyclic) bond motifs is 1. The van der Waals surface area contributed by atoms with Gasteiger partial charge in [0.15, 0.2) is 5.78 Å². The van der Waals surface area contributed by atoms with Gasteiger partial charge in [0.1, 0.15) is 5.75 Å². The van der Waals surface area contributed by atoms with Crippen LogP contribution in [0.4, 0.5) is 0 Å². The van der Waals surface area contributed by atoms with Crippen molar-refractivity contribution in [1.29, 1.82) is 0 Å². The van der Waals surface area contributed by atoms with Crippen LogP contribution in [0, 0.1) is 17.8 Å². The van der Waals surface area contributed by atoms with E-state index in [2.05, 4.69) is 40.1 Å². The Morgan fingerprint density at radius 1 is 1.21 bits per heavy atom. The van der Waals surface area contributed by atoms with E-state index < -0.39 is 8.32 Å². The summed E-state index contributed by atoms with van der Waals surface area (Å²) in [5.41, 5.74) is 4.47. The average molecular weight is 399 g/mol. The van der Waals surface area contributed by atoms with Gasteiger partial charge >= 0.3 is 0 Å². The first-order valence-corrected chi connectivity index (χ1v) is 13.8. The molecule has 152 valence electrons. The zero-order chi connectivity index (χ0) is 20.6. The van der Waals surface area contributed by atoms with Gasteiger partial charge in [-0.15, -0.1) is 0 Å². The number of hydrogen-bond acceptors (Lipinski definition) is 3. The lowest BCUT2D eigenvalue weighted by Gasteiger charge is -2.39. The minimum Gasteiger partial charge on any atom is -0.547 e. The van der Waals surface area contributed by atoms with E-state index in [9.17, 15) is 4.79 Å². The SMILES string of the molecule is C=C(C)[C@H]1CC(O[Si](C)(C)C)=C(C)[C@H]([C@@H]2CCc3cc(OC)ccc3C2=O)C1. The number of methoxy groups -OCH3 is 1. The first-order chi connectivity index (χ1) is 13.1. The maximum absolute atomic E-state index is 13.4. The van der Waals surface area contributed by atoms with Gasteiger partial charge in [-0.25, -0.2) is 0 Å². The molecular weight excluding hydrogens is 364 g/mol. The second-order valence-corrected chi connectivity index (χ2v) is 13.9. The maximum Gasteiger partial charge on any atom is 0.241 e. The lowest BCUT2D eigenvalue weighted by molar-refractivity contribution is 0.0842. The molecule has 1 aromatic rings. The quantitative estimate of drug-likeness (QED) is 0.439. The number of benzene rings is 1. The van der Waals surface area contributed by atoms with E-state index in [-0.39, 0.29) is 17.6 Å². The lowest BCUT2D eigenvalue weighted by atomic mass is 9.67. The molecule has 3 nitrogen and oxygen atoms in total. The summed E-state index contributed by atoms with van der Waals surface area (Å²) in [4.78, 5) is 13.4. The van der Waals surface area contributed by atoms with Crippen LogP contribution in [-0.4, -0.2) is 21.2 Å². The Morgan fingerprint density at radius 2 is 1.93 bits per heavy atom. The van der Waals surface area contributed by atoms with Gasteiger partial charge in [-0.1, -0.05) is 12.2 Å². The summed E-state index contributed by atoms with van der Waals surface area (Å²) in [6.45, 7) is 15.2. The predicted molar refractivity (Wildman–Crippen MR) is 117 cm³/mol. The number of Topliss-reactive ketones (excluding diaryl/α,β-unsaturated/α-hetero) is 1. The number of carbonyl (C=O) groups is 1. The molecule has 0 amide bonds. The topological polar surface area (TPSA) is 35.5 Å². The van der Waals surface area contributed by atoms with Gasteiger partial charge in [-0.2, -0.15) is 0 Å². The third kappa shape index (κ3) is 4.27. The van der Waals surface area contributed by atoms with Crippen molar-refractivity contribution in [3.63, 3.8) is 0 Å². The molecule has 0 saturated carbocycles. The molecule has 1 aromatic carbocycles. The summed E-state index contributed by atoms with van der Waals surface area (Å²) in [5, 5.41) is 0. The van der Waals surface area contributed by atoms with Crippen molar-refractivity contribution >= 4 is 14.1 Å². The predicted octanol–water partition coefficient (Wildman–Crippen LogP) is 6.17. The van der Waals surface area contributed by atoms with Crippen molar-refractivity contribution in [2.75, 3.05) is 7.11 Å². The van der Waals surface area contributed by atoms with Crippen molar-refractivity contribution in [3.05, 3.63) is 52.8 Å². The third-order valence-electron chi connectivity index (χ3n) is 6.22. The molecule has 0 N–H and O–H groups in total. The molecule has 0 saturated heterocycles. The summed E-state index contributed by atoms with van der Waals surface area (Å²) >= 11 is 0. The van der Waals surface area contributed by atoms with E-state index in [0.717, 1.165) is 48.3 Å². The Labute approximate surface area is 171 Å². The number of ketones is 1. The van der Waals surface area contributed by atoms with Crippen LogP contribution in [0.1, 0.15) is 49.0 Å². The first-order valence-electron chi connectivity index (χ1n) is 10.4. The third-order valence-corrected chi connectivity index (χ3v) is 7.08. The molecular formula is C24H34O3Si. The van der Waals surface area contributed by atoms with Crippen LogP contribution in [0.15, 0.2) is 41.7 Å². The van der Waals surface area contributed by atoms with E-state index >= 15 is 0 Å². The molecule has 0 fully saturated rings. The number of hydrogen-bond donors (Lipinski definition) is 0. The van der Waals surface area contributed by atoms with Crippen molar-refractivity contribution < 1.29 is 14.0 Å². The van der Waals surface area contributed by atoms with Crippen LogP contribution in [0.2, 0.25) is 19.6 Å². The van der Waals surface area contributed by atoms with Crippen molar-refractivity contribution in [2.24, 2.45) is 17.8 Å². The normalized spacial score (nSPS) is 25.4. The summed E-state index contributed by atoms with van der Waals surface area (Å²) in [5.74, 6) is 2.89. The highest BCUT2D eigenvalue weighted by molar-refractivity contribution is 6.70. The maximum atomic E-state index is 13.4. The van der Waals surface area contributed by atoms with E-state index in [0.29, 0.717) is 5.92 Å². The van der Waals surface area contributed by atoms with E-state index in [1.807, 2.05) is 18.2 Å². The Balaban J connectivity index is 1.94. The highest BCUT2D eigenvalue weighted by Gasteiger charge is 2.40. The van der Waals surface area contributed by atoms with Crippen molar-refractivity contribution in [3.8, 4) is 5.75 Å². The van der Waals surface area contributed by atoms with E-state index in [4.69, 9.17) is 9.16 Å². The van der Waals surface area contributed by atoms with Gasteiger partial charge in [-0.3, -0.25) is 4.79 Å². The van der Waals surface area contributed by atoms with E-state index in [1.54, 1.807) is 7.11 Å². The molecule has 0 bridgehead atoms. The van der Waals surface area contributed by atoms with Gasteiger partial charge in [0.2, 0.25) is 8.32 Å².